The fraction of sp³-hybridized carbons (Fsp3) is 0.350. The topological polar surface area (TPSA) is 44.7 Å². The minimum atomic E-state index is -0.536. The summed E-state index contributed by atoms with van der Waals surface area (Å²) in [6.45, 7) is 7.59. The Morgan fingerprint density at radius 1 is 1.04 bits per heavy atom. The number of hydrogen-bond acceptors (Lipinski definition) is 3. The molecule has 0 aliphatic heterocycles. The number of ether oxygens (including phenoxy) is 1. The van der Waals surface area contributed by atoms with Gasteiger partial charge in [0.15, 0.2) is 0 Å². The molecule has 2 aromatic rings. The summed E-state index contributed by atoms with van der Waals surface area (Å²) in [5.41, 5.74) is 2.84. The van der Waals surface area contributed by atoms with Crippen molar-refractivity contribution in [1.82, 2.24) is 0 Å². The zero-order chi connectivity index (χ0) is 16.9. The first-order valence-electron chi connectivity index (χ1n) is 7.88. The van der Waals surface area contributed by atoms with Crippen molar-refractivity contribution in [3.8, 4) is 0 Å². The van der Waals surface area contributed by atoms with Crippen molar-refractivity contribution in [3.05, 3.63) is 71.3 Å². The third-order valence-corrected chi connectivity index (χ3v) is 3.39. The van der Waals surface area contributed by atoms with Gasteiger partial charge in [-0.3, -0.25) is 4.99 Å². The van der Waals surface area contributed by atoms with Crippen LogP contribution in [0.1, 0.15) is 43.5 Å². The highest BCUT2D eigenvalue weighted by atomic mass is 16.6. The summed E-state index contributed by atoms with van der Waals surface area (Å²) in [6.07, 6.45) is 0.155. The van der Waals surface area contributed by atoms with E-state index in [4.69, 9.17) is 4.74 Å². The molecular weight excluding hydrogens is 286 g/mol. The first-order chi connectivity index (χ1) is 10.8. The number of aliphatic imine (C=N–C) groups is 1. The molecule has 3 heteroatoms. The average Bonchev–Trinajstić information content (AvgIpc) is 2.48. The van der Waals surface area contributed by atoms with Crippen LogP contribution in [0, 0.1) is 6.92 Å². The zero-order valence-corrected chi connectivity index (χ0v) is 14.2. The van der Waals surface area contributed by atoms with Crippen molar-refractivity contribution in [2.24, 2.45) is 4.99 Å². The van der Waals surface area contributed by atoms with Gasteiger partial charge in [0.25, 0.3) is 0 Å². The Labute approximate surface area is 138 Å². The molecule has 0 aliphatic rings. The van der Waals surface area contributed by atoms with Crippen LogP contribution in [0.4, 0.5) is 0 Å². The molecule has 0 radical (unpaired) electrons. The molecule has 23 heavy (non-hydrogen) atoms. The second-order valence-corrected chi connectivity index (χ2v) is 6.73. The molecule has 3 nitrogen and oxygen atoms in total. The van der Waals surface area contributed by atoms with Crippen LogP contribution in [-0.2, 0) is 11.2 Å². The number of hydrogen-bond donors (Lipinski definition) is 0. The van der Waals surface area contributed by atoms with Gasteiger partial charge in [-0.25, -0.2) is 0 Å². The molecule has 1 unspecified atom stereocenters. The van der Waals surface area contributed by atoms with Crippen LogP contribution in [0.25, 0.3) is 0 Å². The minimum absolute atomic E-state index is 0.242. The van der Waals surface area contributed by atoms with Crippen molar-refractivity contribution in [1.29, 1.82) is 0 Å². The second kappa shape index (κ2) is 7.32. The summed E-state index contributed by atoms with van der Waals surface area (Å²) in [5, 5.41) is 12.1. The normalized spacial score (nSPS) is 13.7. The Kier molecular flexibility index (Phi) is 5.43. The van der Waals surface area contributed by atoms with Crippen LogP contribution >= 0.6 is 0 Å². The molecule has 122 valence electrons. The van der Waals surface area contributed by atoms with E-state index in [1.165, 1.54) is 5.56 Å². The van der Waals surface area contributed by atoms with Crippen molar-refractivity contribution < 1.29 is 9.84 Å². The molecule has 0 aliphatic carbocycles. The highest BCUT2D eigenvalue weighted by Crippen LogP contribution is 2.23. The number of nitrogens with zero attached hydrogens (tertiary/aromatic N) is 1. The van der Waals surface area contributed by atoms with Crippen LogP contribution in [0.15, 0.2) is 59.6 Å². The lowest BCUT2D eigenvalue weighted by molar-refractivity contribution is -0.261. The standard InChI is InChI=1S/C20H25NO2/c1-15-10-12-16(13-11-15)14-18(17-8-6-5-7-9-17)21-19(22)23-20(2,3)4/h5-13,18H,14H2,1-4H3,(H,21,22)/p-1. The van der Waals surface area contributed by atoms with Gasteiger partial charge in [0.05, 0.1) is 6.04 Å². The largest absolute Gasteiger partial charge is 0.595 e. The molecule has 0 saturated carbocycles. The molecule has 0 N–H and O–H groups in total. The molecule has 0 spiro atoms. The SMILES string of the molecule is Cc1ccc(CC(N=C([O-])OC(C)(C)C)c2ccccc2)cc1. The van der Waals surface area contributed by atoms with Gasteiger partial charge in [0.1, 0.15) is 6.08 Å². The summed E-state index contributed by atoms with van der Waals surface area (Å²) in [6, 6.07) is 17.9. The van der Waals surface area contributed by atoms with E-state index in [9.17, 15) is 5.11 Å². The van der Waals surface area contributed by atoms with Gasteiger partial charge in [-0.15, -0.1) is 0 Å². The van der Waals surface area contributed by atoms with Gasteiger partial charge >= 0.3 is 0 Å². The lowest BCUT2D eigenvalue weighted by atomic mass is 9.99. The van der Waals surface area contributed by atoms with Crippen LogP contribution in [0.3, 0.4) is 0 Å². The second-order valence-electron chi connectivity index (χ2n) is 6.73. The van der Waals surface area contributed by atoms with Gasteiger partial charge in [0, 0.05) is 5.60 Å². The quantitative estimate of drug-likeness (QED) is 0.636. The summed E-state index contributed by atoms with van der Waals surface area (Å²) in [5.74, 6) is 0. The maximum absolute atomic E-state index is 12.1. The molecule has 0 fully saturated rings. The maximum atomic E-state index is 12.1. The Morgan fingerprint density at radius 3 is 2.22 bits per heavy atom. The Morgan fingerprint density at radius 2 is 1.65 bits per heavy atom. The van der Waals surface area contributed by atoms with Crippen LogP contribution < -0.4 is 5.11 Å². The molecule has 2 rings (SSSR count). The van der Waals surface area contributed by atoms with Crippen LogP contribution in [-0.4, -0.2) is 11.7 Å². The van der Waals surface area contributed by atoms with E-state index < -0.39 is 11.7 Å². The summed E-state index contributed by atoms with van der Waals surface area (Å²) in [7, 11) is 0. The number of aryl methyl sites for hydroxylation is 1. The lowest BCUT2D eigenvalue weighted by Crippen LogP contribution is -2.32. The average molecular weight is 310 g/mol. The fourth-order valence-electron chi connectivity index (χ4n) is 2.28. The summed E-state index contributed by atoms with van der Waals surface area (Å²) < 4.78 is 5.34. The predicted molar refractivity (Wildman–Crippen MR) is 92.3 cm³/mol. The van der Waals surface area contributed by atoms with E-state index in [-0.39, 0.29) is 6.04 Å². The van der Waals surface area contributed by atoms with Gasteiger partial charge in [0.2, 0.25) is 0 Å². The predicted octanol–water partition coefficient (Wildman–Crippen LogP) is 3.81. The highest BCUT2D eigenvalue weighted by Gasteiger charge is 2.12. The molecule has 2 aromatic carbocycles. The van der Waals surface area contributed by atoms with Crippen LogP contribution in [0.5, 0.6) is 0 Å². The molecule has 0 aromatic heterocycles. The van der Waals surface area contributed by atoms with Gasteiger partial charge in [-0.1, -0.05) is 80.9 Å². The smallest absolute Gasteiger partial charge is 0.146 e. The minimum Gasteiger partial charge on any atom is -0.595 e. The Balaban J connectivity index is 2.25. The van der Waals surface area contributed by atoms with Crippen molar-refractivity contribution in [2.45, 2.75) is 45.8 Å². The molecule has 0 saturated heterocycles. The molecule has 0 bridgehead atoms. The Hall–Kier alpha value is -2.29. The van der Waals surface area contributed by atoms with Gasteiger partial charge in [-0.05, 0) is 24.5 Å². The zero-order valence-electron chi connectivity index (χ0n) is 14.2. The van der Waals surface area contributed by atoms with Crippen LogP contribution in [0.2, 0.25) is 0 Å². The van der Waals surface area contributed by atoms with Crippen molar-refractivity contribution >= 4 is 6.08 Å². The van der Waals surface area contributed by atoms with E-state index in [1.54, 1.807) is 0 Å². The first kappa shape index (κ1) is 17.1. The van der Waals surface area contributed by atoms with Gasteiger partial charge < -0.3 is 9.84 Å². The monoisotopic (exact) mass is 310 g/mol. The van der Waals surface area contributed by atoms with E-state index in [2.05, 4.69) is 36.2 Å². The third-order valence-electron chi connectivity index (χ3n) is 3.39. The van der Waals surface area contributed by atoms with E-state index in [1.807, 2.05) is 51.1 Å². The molecule has 0 heterocycles. The van der Waals surface area contributed by atoms with E-state index in [0.717, 1.165) is 11.1 Å². The first-order valence-corrected chi connectivity index (χ1v) is 7.88. The van der Waals surface area contributed by atoms with Gasteiger partial charge in [-0.2, -0.15) is 0 Å². The van der Waals surface area contributed by atoms with Crippen molar-refractivity contribution in [2.75, 3.05) is 0 Å². The van der Waals surface area contributed by atoms with Crippen molar-refractivity contribution in [3.63, 3.8) is 0 Å². The maximum Gasteiger partial charge on any atom is 0.146 e. The van der Waals surface area contributed by atoms with E-state index in [0.29, 0.717) is 6.42 Å². The van der Waals surface area contributed by atoms with E-state index >= 15 is 0 Å². The molecule has 1 atom stereocenters. The third kappa shape index (κ3) is 5.78. The number of benzene rings is 2. The fourth-order valence-corrected chi connectivity index (χ4v) is 2.28. The summed E-state index contributed by atoms with van der Waals surface area (Å²) in [4.78, 5) is 4.29. The molecular formula is C20H24NO2-. The lowest BCUT2D eigenvalue weighted by Gasteiger charge is -2.30. The summed E-state index contributed by atoms with van der Waals surface area (Å²) >= 11 is 0. The molecule has 0 amide bonds. The number of rotatable bonds is 4. The Bertz CT molecular complexity index is 640. The highest BCUT2D eigenvalue weighted by molar-refractivity contribution is 5.62.